The molecule has 6 heteroatoms. The highest BCUT2D eigenvalue weighted by Crippen LogP contribution is 2.24. The molecule has 0 atom stereocenters. The molecule has 6 nitrogen and oxygen atoms in total. The Balaban J connectivity index is 1.48. The Hall–Kier alpha value is -2.63. The number of benzene rings is 1. The maximum absolute atomic E-state index is 13.1. The zero-order chi connectivity index (χ0) is 20.2. The topological polar surface area (TPSA) is 67.2 Å². The van der Waals surface area contributed by atoms with Crippen LogP contribution in [-0.4, -0.2) is 45.9 Å². The lowest BCUT2D eigenvalue weighted by atomic mass is 9.98. The van der Waals surface area contributed by atoms with E-state index < -0.39 is 0 Å². The van der Waals surface area contributed by atoms with Gasteiger partial charge in [-0.05, 0) is 50.0 Å². The molecule has 1 N–H and O–H groups in total. The van der Waals surface area contributed by atoms with Crippen LogP contribution in [0.15, 0.2) is 30.3 Å². The number of likely N-dealkylation sites (tertiary alicyclic amines) is 1. The summed E-state index contributed by atoms with van der Waals surface area (Å²) in [5, 5.41) is 2.99. The molecule has 2 aliphatic heterocycles. The molecule has 0 bridgehead atoms. The fraction of sp³-hybridized carbons (Fsp3) is 0.522. The molecule has 0 unspecified atom stereocenters. The Bertz CT molecular complexity index is 867. The first-order valence-corrected chi connectivity index (χ1v) is 10.8. The summed E-state index contributed by atoms with van der Waals surface area (Å²) in [6, 6.07) is 10.1. The summed E-state index contributed by atoms with van der Waals surface area (Å²) in [5.74, 6) is 0.865. The van der Waals surface area contributed by atoms with E-state index in [1.807, 2.05) is 27.7 Å². The summed E-state index contributed by atoms with van der Waals surface area (Å²) in [7, 11) is 0. The highest BCUT2D eigenvalue weighted by Gasteiger charge is 2.31. The Morgan fingerprint density at radius 3 is 2.62 bits per heavy atom. The zero-order valence-electron chi connectivity index (χ0n) is 17.2. The van der Waals surface area contributed by atoms with Crippen molar-refractivity contribution in [3.63, 3.8) is 0 Å². The van der Waals surface area contributed by atoms with Crippen molar-refractivity contribution < 1.29 is 9.59 Å². The van der Waals surface area contributed by atoms with Crippen LogP contribution in [0.4, 0.5) is 0 Å². The number of rotatable bonds is 5. The molecule has 29 heavy (non-hydrogen) atoms. The average Bonchev–Trinajstić information content (AvgIpc) is 3.14. The molecule has 2 aromatic rings. The van der Waals surface area contributed by atoms with Gasteiger partial charge in [0.25, 0.3) is 11.8 Å². The lowest BCUT2D eigenvalue weighted by molar-refractivity contribution is 0.0690. The first kappa shape index (κ1) is 19.7. The lowest BCUT2D eigenvalue weighted by Gasteiger charge is -2.30. The van der Waals surface area contributed by atoms with E-state index in [2.05, 4.69) is 29.4 Å². The van der Waals surface area contributed by atoms with Crippen LogP contribution < -0.4 is 5.32 Å². The van der Waals surface area contributed by atoms with Gasteiger partial charge in [-0.3, -0.25) is 9.59 Å². The Labute approximate surface area is 172 Å². The number of imidazole rings is 1. The fourth-order valence-corrected chi connectivity index (χ4v) is 4.29. The molecule has 4 rings (SSSR count). The number of carbonyl (C=O) groups is 2. The zero-order valence-corrected chi connectivity index (χ0v) is 17.2. The number of piperidine rings is 1. The van der Waals surface area contributed by atoms with Gasteiger partial charge >= 0.3 is 0 Å². The summed E-state index contributed by atoms with van der Waals surface area (Å²) in [4.78, 5) is 32.5. The molecule has 1 saturated heterocycles. The van der Waals surface area contributed by atoms with Crippen LogP contribution in [0.2, 0.25) is 0 Å². The van der Waals surface area contributed by atoms with Crippen molar-refractivity contribution in [2.24, 2.45) is 5.92 Å². The van der Waals surface area contributed by atoms with Crippen LogP contribution in [0.25, 0.3) is 0 Å². The van der Waals surface area contributed by atoms with E-state index in [0.717, 1.165) is 63.9 Å². The summed E-state index contributed by atoms with van der Waals surface area (Å²) in [5.41, 5.74) is 2.62. The fourth-order valence-electron chi connectivity index (χ4n) is 4.29. The van der Waals surface area contributed by atoms with E-state index in [1.54, 1.807) is 0 Å². The molecule has 3 heterocycles. The minimum absolute atomic E-state index is 0.00844. The smallest absolute Gasteiger partial charge is 0.287 e. The first-order chi connectivity index (χ1) is 14.1. The van der Waals surface area contributed by atoms with Gasteiger partial charge in [-0.2, -0.15) is 0 Å². The van der Waals surface area contributed by atoms with Crippen molar-refractivity contribution in [1.29, 1.82) is 0 Å². The van der Waals surface area contributed by atoms with Crippen LogP contribution >= 0.6 is 0 Å². The molecule has 0 saturated carbocycles. The Morgan fingerprint density at radius 1 is 1.10 bits per heavy atom. The van der Waals surface area contributed by atoms with Gasteiger partial charge in [0.15, 0.2) is 5.82 Å². The summed E-state index contributed by atoms with van der Waals surface area (Å²) >= 11 is 0. The van der Waals surface area contributed by atoms with Gasteiger partial charge in [-0.25, -0.2) is 4.98 Å². The van der Waals surface area contributed by atoms with E-state index in [-0.39, 0.29) is 11.8 Å². The molecular weight excluding hydrogens is 364 g/mol. The largest absolute Gasteiger partial charge is 0.349 e. The highest BCUT2D eigenvalue weighted by atomic mass is 16.2. The van der Waals surface area contributed by atoms with Crippen LogP contribution in [0, 0.1) is 5.92 Å². The average molecular weight is 395 g/mol. The predicted molar refractivity (Wildman–Crippen MR) is 112 cm³/mol. The van der Waals surface area contributed by atoms with Crippen molar-refractivity contribution in [3.8, 4) is 0 Å². The van der Waals surface area contributed by atoms with Crippen molar-refractivity contribution in [2.45, 2.75) is 52.0 Å². The van der Waals surface area contributed by atoms with E-state index in [0.29, 0.717) is 24.0 Å². The number of carbonyl (C=O) groups excluding carboxylic acids is 2. The van der Waals surface area contributed by atoms with E-state index in [4.69, 9.17) is 0 Å². The number of fused-ring (bicyclic) bond motifs is 1. The predicted octanol–water partition coefficient (Wildman–Crippen LogP) is 3.06. The third-order valence-electron chi connectivity index (χ3n) is 6.14. The third kappa shape index (κ3) is 4.36. The van der Waals surface area contributed by atoms with Gasteiger partial charge in [0.05, 0.1) is 5.69 Å². The van der Waals surface area contributed by atoms with E-state index >= 15 is 0 Å². The van der Waals surface area contributed by atoms with Crippen molar-refractivity contribution in [2.75, 3.05) is 19.6 Å². The number of hydrogen-bond acceptors (Lipinski definition) is 3. The lowest BCUT2D eigenvalue weighted by Crippen LogP contribution is -2.38. The maximum Gasteiger partial charge on any atom is 0.287 e. The SMILES string of the molecule is CC1CCN(C(=O)c2nc(C(=O)NCCc3ccccc3)n3c2CCCC3)CC1. The Kier molecular flexibility index (Phi) is 5.97. The van der Waals surface area contributed by atoms with Crippen molar-refractivity contribution >= 4 is 11.8 Å². The maximum atomic E-state index is 13.1. The van der Waals surface area contributed by atoms with Gasteiger partial charge < -0.3 is 14.8 Å². The van der Waals surface area contributed by atoms with Crippen LogP contribution in [0.1, 0.15) is 65.0 Å². The number of nitrogens with one attached hydrogen (secondary N) is 1. The van der Waals surface area contributed by atoms with Crippen LogP contribution in [-0.2, 0) is 19.4 Å². The van der Waals surface area contributed by atoms with Gasteiger partial charge in [-0.15, -0.1) is 0 Å². The van der Waals surface area contributed by atoms with Gasteiger partial charge in [-0.1, -0.05) is 37.3 Å². The normalized spacial score (nSPS) is 17.1. The molecule has 1 fully saturated rings. The number of amides is 2. The molecule has 0 spiro atoms. The van der Waals surface area contributed by atoms with Crippen molar-refractivity contribution in [1.82, 2.24) is 19.8 Å². The quantitative estimate of drug-likeness (QED) is 0.848. The van der Waals surface area contributed by atoms with E-state index in [9.17, 15) is 9.59 Å². The summed E-state index contributed by atoms with van der Waals surface area (Å²) in [6.07, 6.45) is 5.72. The second-order valence-electron chi connectivity index (χ2n) is 8.31. The summed E-state index contributed by atoms with van der Waals surface area (Å²) < 4.78 is 1.97. The molecule has 154 valence electrons. The minimum Gasteiger partial charge on any atom is -0.349 e. The molecule has 1 aromatic heterocycles. The molecule has 0 aliphatic carbocycles. The number of nitrogens with zero attached hydrogens (tertiary/aromatic N) is 3. The minimum atomic E-state index is -0.185. The molecule has 2 aliphatic rings. The van der Waals surface area contributed by atoms with Gasteiger partial charge in [0.2, 0.25) is 0 Å². The van der Waals surface area contributed by atoms with Crippen LogP contribution in [0.3, 0.4) is 0 Å². The molecular formula is C23H30N4O2. The van der Waals surface area contributed by atoms with E-state index in [1.165, 1.54) is 5.56 Å². The van der Waals surface area contributed by atoms with Crippen molar-refractivity contribution in [3.05, 3.63) is 53.1 Å². The third-order valence-corrected chi connectivity index (χ3v) is 6.14. The number of hydrogen-bond donors (Lipinski definition) is 1. The van der Waals surface area contributed by atoms with Gasteiger partial charge in [0.1, 0.15) is 5.69 Å². The molecule has 2 amide bonds. The second-order valence-corrected chi connectivity index (χ2v) is 8.31. The summed E-state index contributed by atoms with van der Waals surface area (Å²) in [6.45, 7) is 5.11. The molecule has 0 radical (unpaired) electrons. The highest BCUT2D eigenvalue weighted by molar-refractivity contribution is 5.97. The number of aromatic nitrogens is 2. The van der Waals surface area contributed by atoms with Crippen LogP contribution in [0.5, 0.6) is 0 Å². The monoisotopic (exact) mass is 394 g/mol. The Morgan fingerprint density at radius 2 is 1.86 bits per heavy atom. The first-order valence-electron chi connectivity index (χ1n) is 10.8. The van der Waals surface area contributed by atoms with Gasteiger partial charge in [0, 0.05) is 26.2 Å². The second kappa shape index (κ2) is 8.80. The standard InChI is InChI=1S/C23H30N4O2/c1-17-11-15-26(16-12-17)23(29)20-19-9-5-6-14-27(19)21(25-20)22(28)24-13-10-18-7-3-2-4-8-18/h2-4,7-8,17H,5-6,9-16H2,1H3,(H,24,28). The molecule has 1 aromatic carbocycles.